The number of carbonyl (C=O) groups is 1. The standard InChI is InChI=1S/C16H20N2O2/c1-16(2,3)20-13-8-6-12(7-9-13)11-18-15(19)14-5-4-10-17-14/h4-10,17H,11H2,1-3H3,(H,18,19). The van der Waals surface area contributed by atoms with E-state index in [9.17, 15) is 4.79 Å². The molecule has 0 aliphatic rings. The van der Waals surface area contributed by atoms with Gasteiger partial charge < -0.3 is 15.0 Å². The first-order valence-corrected chi connectivity index (χ1v) is 6.63. The van der Waals surface area contributed by atoms with Crippen LogP contribution < -0.4 is 10.1 Å². The van der Waals surface area contributed by atoms with Crippen molar-refractivity contribution in [3.05, 3.63) is 53.9 Å². The predicted molar refractivity (Wildman–Crippen MR) is 78.8 cm³/mol. The van der Waals surface area contributed by atoms with E-state index in [1.165, 1.54) is 0 Å². The molecule has 20 heavy (non-hydrogen) atoms. The Morgan fingerprint density at radius 2 is 1.90 bits per heavy atom. The highest BCUT2D eigenvalue weighted by molar-refractivity contribution is 5.92. The van der Waals surface area contributed by atoms with Gasteiger partial charge in [-0.1, -0.05) is 12.1 Å². The van der Waals surface area contributed by atoms with Gasteiger partial charge in [0.15, 0.2) is 0 Å². The Kier molecular flexibility index (Phi) is 4.13. The lowest BCUT2D eigenvalue weighted by Gasteiger charge is -2.21. The van der Waals surface area contributed by atoms with Crippen LogP contribution in [0.2, 0.25) is 0 Å². The van der Waals surface area contributed by atoms with Crippen LogP contribution >= 0.6 is 0 Å². The number of aromatic amines is 1. The molecule has 0 atom stereocenters. The molecule has 2 rings (SSSR count). The highest BCUT2D eigenvalue weighted by Crippen LogP contribution is 2.18. The Morgan fingerprint density at radius 3 is 2.45 bits per heavy atom. The third kappa shape index (κ3) is 4.16. The zero-order valence-corrected chi connectivity index (χ0v) is 12.1. The summed E-state index contributed by atoms with van der Waals surface area (Å²) in [5.74, 6) is 0.724. The van der Waals surface area contributed by atoms with Crippen molar-refractivity contribution in [2.24, 2.45) is 0 Å². The van der Waals surface area contributed by atoms with Gasteiger partial charge in [-0.3, -0.25) is 4.79 Å². The summed E-state index contributed by atoms with van der Waals surface area (Å²) in [6.07, 6.45) is 1.73. The number of H-pyrrole nitrogens is 1. The van der Waals surface area contributed by atoms with Crippen molar-refractivity contribution in [3.8, 4) is 5.75 Å². The molecule has 1 aromatic carbocycles. The van der Waals surface area contributed by atoms with E-state index in [2.05, 4.69) is 10.3 Å². The SMILES string of the molecule is CC(C)(C)Oc1ccc(CNC(=O)c2ccc[nH]2)cc1. The number of aromatic nitrogens is 1. The minimum atomic E-state index is -0.205. The molecule has 0 saturated carbocycles. The molecule has 0 radical (unpaired) electrons. The number of hydrogen-bond donors (Lipinski definition) is 2. The van der Waals surface area contributed by atoms with Gasteiger partial charge in [0, 0.05) is 12.7 Å². The van der Waals surface area contributed by atoms with Crippen molar-refractivity contribution in [2.45, 2.75) is 32.9 Å². The molecule has 1 amide bonds. The van der Waals surface area contributed by atoms with E-state index in [1.807, 2.05) is 45.0 Å². The quantitative estimate of drug-likeness (QED) is 0.898. The third-order valence-corrected chi connectivity index (χ3v) is 2.64. The van der Waals surface area contributed by atoms with E-state index in [-0.39, 0.29) is 11.5 Å². The molecule has 0 unspecified atom stereocenters. The topological polar surface area (TPSA) is 54.1 Å². The Morgan fingerprint density at radius 1 is 1.20 bits per heavy atom. The van der Waals surface area contributed by atoms with Gasteiger partial charge in [-0.2, -0.15) is 0 Å². The summed E-state index contributed by atoms with van der Waals surface area (Å²) in [4.78, 5) is 14.6. The molecular weight excluding hydrogens is 252 g/mol. The summed E-state index contributed by atoms with van der Waals surface area (Å²) in [6.45, 7) is 6.53. The minimum absolute atomic E-state index is 0.106. The number of carbonyl (C=O) groups excluding carboxylic acids is 1. The second kappa shape index (κ2) is 5.82. The van der Waals surface area contributed by atoms with Crippen molar-refractivity contribution >= 4 is 5.91 Å². The highest BCUT2D eigenvalue weighted by Gasteiger charge is 2.11. The summed E-state index contributed by atoms with van der Waals surface area (Å²) in [5, 5.41) is 2.86. The van der Waals surface area contributed by atoms with Gasteiger partial charge in [-0.15, -0.1) is 0 Å². The van der Waals surface area contributed by atoms with E-state index >= 15 is 0 Å². The number of ether oxygens (including phenoxy) is 1. The van der Waals surface area contributed by atoms with Crippen molar-refractivity contribution < 1.29 is 9.53 Å². The highest BCUT2D eigenvalue weighted by atomic mass is 16.5. The van der Waals surface area contributed by atoms with Crippen LogP contribution in [0.15, 0.2) is 42.6 Å². The van der Waals surface area contributed by atoms with Crippen LogP contribution in [0.5, 0.6) is 5.75 Å². The Labute approximate surface area is 119 Å². The van der Waals surface area contributed by atoms with Crippen molar-refractivity contribution in [3.63, 3.8) is 0 Å². The van der Waals surface area contributed by atoms with Crippen LogP contribution in [0.1, 0.15) is 36.8 Å². The fourth-order valence-electron chi connectivity index (χ4n) is 1.78. The van der Waals surface area contributed by atoms with E-state index in [0.29, 0.717) is 12.2 Å². The normalized spacial score (nSPS) is 11.2. The van der Waals surface area contributed by atoms with Crippen LogP contribution in [0.4, 0.5) is 0 Å². The van der Waals surface area contributed by atoms with Gasteiger partial charge in [0.05, 0.1) is 0 Å². The van der Waals surface area contributed by atoms with Gasteiger partial charge >= 0.3 is 0 Å². The molecule has 0 fully saturated rings. The maximum absolute atomic E-state index is 11.8. The zero-order valence-electron chi connectivity index (χ0n) is 12.1. The molecule has 0 bridgehead atoms. The summed E-state index contributed by atoms with van der Waals surface area (Å²) < 4.78 is 5.75. The molecule has 0 aliphatic carbocycles. The Bertz CT molecular complexity index is 551. The molecule has 0 spiro atoms. The monoisotopic (exact) mass is 272 g/mol. The van der Waals surface area contributed by atoms with Gasteiger partial charge in [0.25, 0.3) is 5.91 Å². The first-order valence-electron chi connectivity index (χ1n) is 6.63. The van der Waals surface area contributed by atoms with E-state index in [1.54, 1.807) is 18.3 Å². The van der Waals surface area contributed by atoms with Crippen LogP contribution in [0, 0.1) is 0 Å². The van der Waals surface area contributed by atoms with Crippen LogP contribution in [-0.4, -0.2) is 16.5 Å². The van der Waals surface area contributed by atoms with Crippen molar-refractivity contribution in [1.29, 1.82) is 0 Å². The first-order chi connectivity index (χ1) is 9.44. The zero-order chi connectivity index (χ0) is 14.6. The predicted octanol–water partition coefficient (Wildman–Crippen LogP) is 3.12. The molecule has 106 valence electrons. The van der Waals surface area contributed by atoms with Gasteiger partial charge in [-0.05, 0) is 50.6 Å². The second-order valence-electron chi connectivity index (χ2n) is 5.62. The summed E-state index contributed by atoms with van der Waals surface area (Å²) >= 11 is 0. The molecule has 0 saturated heterocycles. The lowest BCUT2D eigenvalue weighted by molar-refractivity contribution is 0.0946. The van der Waals surface area contributed by atoms with E-state index in [4.69, 9.17) is 4.74 Å². The molecule has 2 aromatic rings. The lowest BCUT2D eigenvalue weighted by atomic mass is 10.1. The average molecular weight is 272 g/mol. The average Bonchev–Trinajstić information content (AvgIpc) is 2.89. The fraction of sp³-hybridized carbons (Fsp3) is 0.312. The smallest absolute Gasteiger partial charge is 0.267 e. The minimum Gasteiger partial charge on any atom is -0.488 e. The van der Waals surface area contributed by atoms with Crippen LogP contribution in [0.25, 0.3) is 0 Å². The lowest BCUT2D eigenvalue weighted by Crippen LogP contribution is -2.23. The van der Waals surface area contributed by atoms with Gasteiger partial charge in [0.2, 0.25) is 0 Å². The van der Waals surface area contributed by atoms with Gasteiger partial charge in [0.1, 0.15) is 17.0 Å². The third-order valence-electron chi connectivity index (χ3n) is 2.64. The summed E-state index contributed by atoms with van der Waals surface area (Å²) in [7, 11) is 0. The van der Waals surface area contributed by atoms with Crippen LogP contribution in [0.3, 0.4) is 0 Å². The largest absolute Gasteiger partial charge is 0.488 e. The molecule has 0 aliphatic heterocycles. The Hall–Kier alpha value is -2.23. The van der Waals surface area contributed by atoms with Crippen molar-refractivity contribution in [1.82, 2.24) is 10.3 Å². The molecular formula is C16H20N2O2. The van der Waals surface area contributed by atoms with E-state index < -0.39 is 0 Å². The van der Waals surface area contributed by atoms with E-state index in [0.717, 1.165) is 11.3 Å². The molecule has 1 heterocycles. The number of benzene rings is 1. The van der Waals surface area contributed by atoms with Crippen molar-refractivity contribution in [2.75, 3.05) is 0 Å². The molecule has 2 N–H and O–H groups in total. The molecule has 4 nitrogen and oxygen atoms in total. The fourth-order valence-corrected chi connectivity index (χ4v) is 1.78. The van der Waals surface area contributed by atoms with Crippen LogP contribution in [-0.2, 0) is 6.54 Å². The molecule has 1 aromatic heterocycles. The number of amides is 1. The maximum Gasteiger partial charge on any atom is 0.267 e. The van der Waals surface area contributed by atoms with Gasteiger partial charge in [-0.25, -0.2) is 0 Å². The number of rotatable bonds is 4. The summed E-state index contributed by atoms with van der Waals surface area (Å²) in [6, 6.07) is 11.3. The summed E-state index contributed by atoms with van der Waals surface area (Å²) in [5.41, 5.74) is 1.40. The first kappa shape index (κ1) is 14.2. The Balaban J connectivity index is 1.89. The number of nitrogens with one attached hydrogen (secondary N) is 2. The number of hydrogen-bond acceptors (Lipinski definition) is 2. The second-order valence-corrected chi connectivity index (χ2v) is 5.62. The molecule has 4 heteroatoms. The maximum atomic E-state index is 11.8.